The summed E-state index contributed by atoms with van der Waals surface area (Å²) in [6.45, 7) is 7.34. The summed E-state index contributed by atoms with van der Waals surface area (Å²) in [7, 11) is 0. The molecule has 21 heavy (non-hydrogen) atoms. The zero-order valence-corrected chi connectivity index (χ0v) is 13.0. The maximum Gasteiger partial charge on any atom is 0.234 e. The van der Waals surface area contributed by atoms with E-state index in [9.17, 15) is 19.2 Å². The van der Waals surface area contributed by atoms with E-state index in [0.29, 0.717) is 0 Å². The summed E-state index contributed by atoms with van der Waals surface area (Å²) in [6.07, 6.45) is 0.334. The molecule has 0 aromatic rings. The third kappa shape index (κ3) is 2.71. The lowest BCUT2D eigenvalue weighted by Crippen LogP contribution is -2.44. The van der Waals surface area contributed by atoms with Crippen LogP contribution in [0.15, 0.2) is 0 Å². The third-order valence-electron chi connectivity index (χ3n) is 4.45. The molecule has 6 nitrogen and oxygen atoms in total. The summed E-state index contributed by atoms with van der Waals surface area (Å²) in [4.78, 5) is 50.5. The van der Waals surface area contributed by atoms with Crippen LogP contribution >= 0.6 is 0 Å². The Labute approximate surface area is 124 Å². The van der Waals surface area contributed by atoms with E-state index in [1.807, 2.05) is 27.7 Å². The molecule has 0 aromatic heterocycles. The first-order valence-electron chi connectivity index (χ1n) is 7.42. The molecule has 4 amide bonds. The van der Waals surface area contributed by atoms with Crippen molar-refractivity contribution in [3.63, 3.8) is 0 Å². The van der Waals surface area contributed by atoms with Crippen molar-refractivity contribution in [1.29, 1.82) is 0 Å². The molecule has 0 N–H and O–H groups in total. The van der Waals surface area contributed by atoms with Gasteiger partial charge >= 0.3 is 0 Å². The fourth-order valence-corrected chi connectivity index (χ4v) is 2.90. The first-order valence-corrected chi connectivity index (χ1v) is 7.42. The van der Waals surface area contributed by atoms with Crippen LogP contribution in [0.5, 0.6) is 0 Å². The number of hydrogen-bond donors (Lipinski definition) is 0. The zero-order chi connectivity index (χ0) is 15.9. The second-order valence-electron chi connectivity index (χ2n) is 6.57. The van der Waals surface area contributed by atoms with Gasteiger partial charge in [-0.3, -0.25) is 29.0 Å². The van der Waals surface area contributed by atoms with E-state index in [-0.39, 0.29) is 66.8 Å². The van der Waals surface area contributed by atoms with Crippen LogP contribution in [0.25, 0.3) is 0 Å². The summed E-state index contributed by atoms with van der Waals surface area (Å²) < 4.78 is 0. The minimum absolute atomic E-state index is 0.0693. The Morgan fingerprint density at radius 3 is 1.38 bits per heavy atom. The van der Waals surface area contributed by atoms with Crippen molar-refractivity contribution in [2.24, 2.45) is 23.7 Å². The fraction of sp³-hybridized carbons (Fsp3) is 0.733. The lowest BCUT2D eigenvalue weighted by atomic mass is 9.94. The average Bonchev–Trinajstić information content (AvgIpc) is 2.82. The van der Waals surface area contributed by atoms with Crippen molar-refractivity contribution in [3.8, 4) is 0 Å². The van der Waals surface area contributed by atoms with E-state index in [1.54, 1.807) is 0 Å². The first kappa shape index (κ1) is 15.7. The SMILES string of the molecule is CC(C)C1CC(=O)N(CN2C(=O)CC(C(C)C)C2=O)C1=O. The molecule has 116 valence electrons. The summed E-state index contributed by atoms with van der Waals surface area (Å²) in [5.74, 6) is -1.69. The highest BCUT2D eigenvalue weighted by atomic mass is 16.2. The molecular weight excluding hydrogens is 272 g/mol. The number of carbonyl (C=O) groups excluding carboxylic acids is 4. The van der Waals surface area contributed by atoms with E-state index in [0.717, 1.165) is 9.80 Å². The topological polar surface area (TPSA) is 74.8 Å². The van der Waals surface area contributed by atoms with Gasteiger partial charge in [0.15, 0.2) is 0 Å². The van der Waals surface area contributed by atoms with E-state index in [4.69, 9.17) is 0 Å². The van der Waals surface area contributed by atoms with Crippen LogP contribution in [0.2, 0.25) is 0 Å². The van der Waals surface area contributed by atoms with Crippen LogP contribution in [0.1, 0.15) is 40.5 Å². The number of likely N-dealkylation sites (tertiary alicyclic amines) is 2. The quantitative estimate of drug-likeness (QED) is 0.725. The molecule has 2 unspecified atom stereocenters. The average molecular weight is 294 g/mol. The number of carbonyl (C=O) groups is 4. The van der Waals surface area contributed by atoms with Gasteiger partial charge in [0, 0.05) is 24.7 Å². The maximum atomic E-state index is 12.2. The molecule has 2 rings (SSSR count). The predicted molar refractivity (Wildman–Crippen MR) is 74.5 cm³/mol. The van der Waals surface area contributed by atoms with Crippen LogP contribution in [0, 0.1) is 23.7 Å². The van der Waals surface area contributed by atoms with Gasteiger partial charge in [0.05, 0.1) is 0 Å². The van der Waals surface area contributed by atoms with Crippen LogP contribution in [0.4, 0.5) is 0 Å². The van der Waals surface area contributed by atoms with Gasteiger partial charge in [0.25, 0.3) is 0 Å². The molecule has 2 fully saturated rings. The molecule has 2 aliphatic rings. The minimum Gasteiger partial charge on any atom is -0.274 e. The number of hydrogen-bond acceptors (Lipinski definition) is 4. The first-order chi connectivity index (χ1) is 9.73. The van der Waals surface area contributed by atoms with E-state index >= 15 is 0 Å². The van der Waals surface area contributed by atoms with Crippen LogP contribution < -0.4 is 0 Å². The maximum absolute atomic E-state index is 12.2. The van der Waals surface area contributed by atoms with Crippen molar-refractivity contribution >= 4 is 23.6 Å². The number of imide groups is 2. The Morgan fingerprint density at radius 1 is 0.810 bits per heavy atom. The Morgan fingerprint density at radius 2 is 1.14 bits per heavy atom. The predicted octanol–water partition coefficient (Wildman–Crippen LogP) is 1.01. The second-order valence-corrected chi connectivity index (χ2v) is 6.57. The van der Waals surface area contributed by atoms with Crippen molar-refractivity contribution in [2.45, 2.75) is 40.5 Å². The van der Waals surface area contributed by atoms with Gasteiger partial charge in [-0.25, -0.2) is 0 Å². The van der Waals surface area contributed by atoms with Gasteiger partial charge in [-0.2, -0.15) is 0 Å². The van der Waals surface area contributed by atoms with Crippen LogP contribution in [-0.4, -0.2) is 40.1 Å². The molecule has 6 heteroatoms. The number of amides is 4. The molecule has 0 aliphatic carbocycles. The largest absolute Gasteiger partial charge is 0.274 e. The summed E-state index contributed by atoms with van der Waals surface area (Å²) in [5.41, 5.74) is 0. The monoisotopic (exact) mass is 294 g/mol. The Balaban J connectivity index is 2.12. The molecule has 2 heterocycles. The lowest BCUT2D eigenvalue weighted by Gasteiger charge is -2.23. The molecule has 0 radical (unpaired) electrons. The fourth-order valence-electron chi connectivity index (χ4n) is 2.90. The molecule has 2 saturated heterocycles. The van der Waals surface area contributed by atoms with Crippen LogP contribution in [0.3, 0.4) is 0 Å². The van der Waals surface area contributed by atoms with Crippen molar-refractivity contribution < 1.29 is 19.2 Å². The number of rotatable bonds is 4. The minimum atomic E-state index is -0.341. The van der Waals surface area contributed by atoms with Gasteiger partial charge in [-0.1, -0.05) is 27.7 Å². The van der Waals surface area contributed by atoms with Gasteiger partial charge in [0.2, 0.25) is 23.6 Å². The molecule has 2 atom stereocenters. The van der Waals surface area contributed by atoms with E-state index < -0.39 is 0 Å². The third-order valence-corrected chi connectivity index (χ3v) is 4.45. The van der Waals surface area contributed by atoms with E-state index in [2.05, 4.69) is 0 Å². The van der Waals surface area contributed by atoms with Crippen molar-refractivity contribution in [3.05, 3.63) is 0 Å². The van der Waals surface area contributed by atoms with Crippen molar-refractivity contribution in [2.75, 3.05) is 6.67 Å². The molecule has 0 aromatic carbocycles. The molecular formula is C15H22N2O4. The standard InChI is InChI=1S/C15H22N2O4/c1-8(2)10-5-12(18)16(14(10)20)7-17-13(19)6-11(9(3)4)15(17)21/h8-11H,5-7H2,1-4H3. The molecule has 0 spiro atoms. The highest BCUT2D eigenvalue weighted by molar-refractivity contribution is 6.07. The molecule has 0 saturated carbocycles. The molecule has 2 aliphatic heterocycles. The summed E-state index contributed by atoms with van der Waals surface area (Å²) >= 11 is 0. The van der Waals surface area contributed by atoms with Crippen LogP contribution in [-0.2, 0) is 19.2 Å². The summed E-state index contributed by atoms with van der Waals surface area (Å²) in [5, 5.41) is 0. The Hall–Kier alpha value is -1.72. The number of nitrogens with zero attached hydrogens (tertiary/aromatic N) is 2. The smallest absolute Gasteiger partial charge is 0.234 e. The highest BCUT2D eigenvalue weighted by Crippen LogP contribution is 2.30. The van der Waals surface area contributed by atoms with Gasteiger partial charge in [0.1, 0.15) is 6.67 Å². The second kappa shape index (κ2) is 5.58. The molecule has 0 bridgehead atoms. The zero-order valence-electron chi connectivity index (χ0n) is 13.0. The highest BCUT2D eigenvalue weighted by Gasteiger charge is 2.45. The Kier molecular flexibility index (Phi) is 4.16. The van der Waals surface area contributed by atoms with Gasteiger partial charge in [-0.15, -0.1) is 0 Å². The summed E-state index contributed by atoms with van der Waals surface area (Å²) in [6, 6.07) is 0. The van der Waals surface area contributed by atoms with Gasteiger partial charge in [-0.05, 0) is 11.8 Å². The van der Waals surface area contributed by atoms with Gasteiger partial charge < -0.3 is 0 Å². The van der Waals surface area contributed by atoms with Crippen molar-refractivity contribution in [1.82, 2.24) is 9.80 Å². The lowest BCUT2D eigenvalue weighted by molar-refractivity contribution is -0.148. The Bertz CT molecular complexity index is 454. The van der Waals surface area contributed by atoms with E-state index in [1.165, 1.54) is 0 Å². The normalized spacial score (nSPS) is 27.0.